The van der Waals surface area contributed by atoms with Crippen molar-refractivity contribution in [3.63, 3.8) is 0 Å². The molecule has 0 aromatic carbocycles. The van der Waals surface area contributed by atoms with E-state index in [1.165, 1.54) is 0 Å². The Kier molecular flexibility index (Phi) is 3.86. The minimum absolute atomic E-state index is 0.00118. The third kappa shape index (κ3) is 3.06. The Morgan fingerprint density at radius 1 is 1.67 bits per heavy atom. The van der Waals surface area contributed by atoms with Crippen LogP contribution in [0.5, 0.6) is 0 Å². The standard InChI is InChI=1S/C12H19N3/c1-9(2)8-15(4)12-11(10(3)13)6-5-7-14-12/h5-7,10H,1,8,13H2,2-4H3/t10-/m0/s1. The zero-order chi connectivity index (χ0) is 11.4. The number of nitrogens with two attached hydrogens (primary N) is 1. The van der Waals surface area contributed by atoms with Crippen LogP contribution in [0.1, 0.15) is 25.5 Å². The first kappa shape index (κ1) is 11.7. The number of hydrogen-bond acceptors (Lipinski definition) is 3. The van der Waals surface area contributed by atoms with E-state index in [-0.39, 0.29) is 6.04 Å². The van der Waals surface area contributed by atoms with E-state index in [9.17, 15) is 0 Å². The zero-order valence-electron chi connectivity index (χ0n) is 9.70. The monoisotopic (exact) mass is 205 g/mol. The van der Waals surface area contributed by atoms with E-state index in [2.05, 4.69) is 16.5 Å². The number of pyridine rings is 1. The molecule has 0 aliphatic carbocycles. The van der Waals surface area contributed by atoms with Crippen LogP contribution in [0.4, 0.5) is 5.82 Å². The van der Waals surface area contributed by atoms with Gasteiger partial charge in [0.1, 0.15) is 5.82 Å². The van der Waals surface area contributed by atoms with Crippen LogP contribution in [-0.2, 0) is 0 Å². The molecule has 0 radical (unpaired) electrons. The van der Waals surface area contributed by atoms with Crippen LogP contribution in [0.25, 0.3) is 0 Å². The lowest BCUT2D eigenvalue weighted by atomic mass is 10.1. The number of aromatic nitrogens is 1. The van der Waals surface area contributed by atoms with Crippen LogP contribution in [-0.4, -0.2) is 18.6 Å². The van der Waals surface area contributed by atoms with Gasteiger partial charge in [-0.25, -0.2) is 4.98 Å². The summed E-state index contributed by atoms with van der Waals surface area (Å²) in [5.41, 5.74) is 8.07. The minimum Gasteiger partial charge on any atom is -0.355 e. The Balaban J connectivity index is 2.97. The lowest BCUT2D eigenvalue weighted by molar-refractivity contribution is 0.797. The van der Waals surface area contributed by atoms with Gasteiger partial charge in [0.15, 0.2) is 0 Å². The Labute approximate surface area is 91.6 Å². The molecule has 0 aliphatic rings. The van der Waals surface area contributed by atoms with Crippen molar-refractivity contribution < 1.29 is 0 Å². The van der Waals surface area contributed by atoms with Gasteiger partial charge in [0.25, 0.3) is 0 Å². The maximum absolute atomic E-state index is 5.89. The molecular formula is C12H19N3. The van der Waals surface area contributed by atoms with Crippen molar-refractivity contribution in [2.24, 2.45) is 5.73 Å². The number of likely N-dealkylation sites (N-methyl/N-ethyl adjacent to an activating group) is 1. The van der Waals surface area contributed by atoms with Gasteiger partial charge in [0.2, 0.25) is 0 Å². The predicted octanol–water partition coefficient (Wildman–Crippen LogP) is 2.11. The van der Waals surface area contributed by atoms with Crippen LogP contribution < -0.4 is 10.6 Å². The summed E-state index contributed by atoms with van der Waals surface area (Å²) in [7, 11) is 2.00. The first-order valence-corrected chi connectivity index (χ1v) is 5.08. The molecule has 1 aromatic rings. The first-order chi connectivity index (χ1) is 7.02. The molecule has 0 amide bonds. The molecule has 0 unspecified atom stereocenters. The highest BCUT2D eigenvalue weighted by atomic mass is 15.2. The molecule has 3 nitrogen and oxygen atoms in total. The molecule has 0 saturated carbocycles. The highest BCUT2D eigenvalue weighted by molar-refractivity contribution is 5.48. The van der Waals surface area contributed by atoms with Crippen molar-refractivity contribution in [1.29, 1.82) is 0 Å². The summed E-state index contributed by atoms with van der Waals surface area (Å²) >= 11 is 0. The second-order valence-corrected chi connectivity index (χ2v) is 4.02. The molecule has 0 fully saturated rings. The maximum Gasteiger partial charge on any atom is 0.133 e. The molecule has 1 atom stereocenters. The van der Waals surface area contributed by atoms with E-state index in [4.69, 9.17) is 5.73 Å². The fourth-order valence-corrected chi connectivity index (χ4v) is 1.56. The second-order valence-electron chi connectivity index (χ2n) is 4.02. The molecule has 15 heavy (non-hydrogen) atoms. The molecule has 1 rings (SSSR count). The van der Waals surface area contributed by atoms with E-state index in [1.807, 2.05) is 33.0 Å². The highest BCUT2D eigenvalue weighted by Gasteiger charge is 2.11. The average Bonchev–Trinajstić information content (AvgIpc) is 2.16. The second kappa shape index (κ2) is 4.94. The van der Waals surface area contributed by atoms with Crippen LogP contribution in [0.3, 0.4) is 0 Å². The van der Waals surface area contributed by atoms with Crippen molar-refractivity contribution in [3.8, 4) is 0 Å². The molecule has 1 heterocycles. The molecule has 1 aromatic heterocycles. The van der Waals surface area contributed by atoms with Crippen LogP contribution >= 0.6 is 0 Å². The largest absolute Gasteiger partial charge is 0.355 e. The normalized spacial score (nSPS) is 12.3. The van der Waals surface area contributed by atoms with Gasteiger partial charge in [-0.15, -0.1) is 0 Å². The smallest absolute Gasteiger partial charge is 0.133 e. The van der Waals surface area contributed by atoms with Crippen molar-refractivity contribution in [2.45, 2.75) is 19.9 Å². The van der Waals surface area contributed by atoms with Gasteiger partial charge in [-0.2, -0.15) is 0 Å². The van der Waals surface area contributed by atoms with Crippen LogP contribution in [0, 0.1) is 0 Å². The summed E-state index contributed by atoms with van der Waals surface area (Å²) < 4.78 is 0. The van der Waals surface area contributed by atoms with Crippen LogP contribution in [0.15, 0.2) is 30.5 Å². The Morgan fingerprint density at radius 3 is 2.87 bits per heavy atom. The number of hydrogen-bond donors (Lipinski definition) is 1. The highest BCUT2D eigenvalue weighted by Crippen LogP contribution is 2.21. The summed E-state index contributed by atoms with van der Waals surface area (Å²) in [5.74, 6) is 0.940. The van der Waals surface area contributed by atoms with Gasteiger partial charge >= 0.3 is 0 Å². The Morgan fingerprint density at radius 2 is 2.33 bits per heavy atom. The van der Waals surface area contributed by atoms with Gasteiger partial charge in [0, 0.05) is 31.4 Å². The average molecular weight is 205 g/mol. The molecular weight excluding hydrogens is 186 g/mol. The maximum atomic E-state index is 5.89. The van der Waals surface area contributed by atoms with Gasteiger partial charge in [-0.1, -0.05) is 18.2 Å². The third-order valence-electron chi connectivity index (χ3n) is 2.18. The number of rotatable bonds is 4. The topological polar surface area (TPSA) is 42.2 Å². The van der Waals surface area contributed by atoms with E-state index >= 15 is 0 Å². The van der Waals surface area contributed by atoms with Crippen LogP contribution in [0.2, 0.25) is 0 Å². The van der Waals surface area contributed by atoms with Gasteiger partial charge in [-0.05, 0) is 19.9 Å². The molecule has 0 bridgehead atoms. The van der Waals surface area contributed by atoms with Gasteiger partial charge < -0.3 is 10.6 Å². The lowest BCUT2D eigenvalue weighted by Gasteiger charge is -2.22. The number of nitrogens with zero attached hydrogens (tertiary/aromatic N) is 2. The van der Waals surface area contributed by atoms with Gasteiger partial charge in [0.05, 0.1) is 0 Å². The van der Waals surface area contributed by atoms with E-state index < -0.39 is 0 Å². The lowest BCUT2D eigenvalue weighted by Crippen LogP contribution is -2.23. The summed E-state index contributed by atoms with van der Waals surface area (Å²) in [6, 6.07) is 3.93. The summed E-state index contributed by atoms with van der Waals surface area (Å²) in [5, 5.41) is 0. The predicted molar refractivity (Wildman–Crippen MR) is 64.9 cm³/mol. The summed E-state index contributed by atoms with van der Waals surface area (Å²) in [4.78, 5) is 6.43. The fourth-order valence-electron chi connectivity index (χ4n) is 1.56. The quantitative estimate of drug-likeness (QED) is 0.765. The van der Waals surface area contributed by atoms with Gasteiger partial charge in [-0.3, -0.25) is 0 Å². The fraction of sp³-hybridized carbons (Fsp3) is 0.417. The Hall–Kier alpha value is -1.35. The molecule has 0 saturated heterocycles. The van der Waals surface area contributed by atoms with Crippen molar-refractivity contribution >= 4 is 5.82 Å². The molecule has 0 aliphatic heterocycles. The van der Waals surface area contributed by atoms with E-state index in [1.54, 1.807) is 6.20 Å². The summed E-state index contributed by atoms with van der Waals surface area (Å²) in [6.07, 6.45) is 1.79. The van der Waals surface area contributed by atoms with E-state index in [0.717, 1.165) is 23.5 Å². The zero-order valence-corrected chi connectivity index (χ0v) is 9.70. The first-order valence-electron chi connectivity index (χ1n) is 5.08. The molecule has 0 spiro atoms. The van der Waals surface area contributed by atoms with Crippen molar-refractivity contribution in [1.82, 2.24) is 4.98 Å². The summed E-state index contributed by atoms with van der Waals surface area (Å²) in [6.45, 7) is 8.67. The minimum atomic E-state index is 0.00118. The van der Waals surface area contributed by atoms with E-state index in [0.29, 0.717) is 0 Å². The van der Waals surface area contributed by atoms with Crippen molar-refractivity contribution in [3.05, 3.63) is 36.0 Å². The SMILES string of the molecule is C=C(C)CN(C)c1ncccc1[C@H](C)N. The Bertz CT molecular complexity index is 344. The third-order valence-corrected chi connectivity index (χ3v) is 2.18. The molecule has 2 N–H and O–H groups in total. The van der Waals surface area contributed by atoms with Crippen molar-refractivity contribution in [2.75, 3.05) is 18.5 Å². The molecule has 82 valence electrons. The number of anilines is 1. The molecule has 3 heteroatoms.